The molecular formula is C28H38O7. The summed E-state index contributed by atoms with van der Waals surface area (Å²) in [6.07, 6.45) is 7.60. The van der Waals surface area contributed by atoms with Crippen LogP contribution in [-0.4, -0.2) is 61.7 Å². The molecule has 0 bridgehead atoms. The van der Waals surface area contributed by atoms with E-state index < -0.39 is 39.7 Å². The largest absolute Gasteiger partial charge is 0.455 e. The third-order valence-electron chi connectivity index (χ3n) is 11.1. The fourth-order valence-corrected chi connectivity index (χ4v) is 8.50. The molecule has 0 aromatic rings. The Morgan fingerprint density at radius 3 is 2.54 bits per heavy atom. The van der Waals surface area contributed by atoms with E-state index in [4.69, 9.17) is 4.74 Å². The highest BCUT2D eigenvalue weighted by atomic mass is 16.6. The monoisotopic (exact) mass is 486 g/mol. The number of aliphatic hydroxyl groups is 4. The average molecular weight is 487 g/mol. The lowest BCUT2D eigenvalue weighted by Crippen LogP contribution is -2.72. The van der Waals surface area contributed by atoms with Crippen LogP contribution in [0.15, 0.2) is 34.9 Å². The number of ketones is 1. The second-order valence-corrected chi connectivity index (χ2v) is 12.1. The van der Waals surface area contributed by atoms with Crippen LogP contribution in [0.25, 0.3) is 0 Å². The molecule has 8 atom stereocenters. The Morgan fingerprint density at radius 2 is 1.86 bits per heavy atom. The van der Waals surface area contributed by atoms with Crippen molar-refractivity contribution < 1.29 is 34.8 Å². The van der Waals surface area contributed by atoms with E-state index in [0.29, 0.717) is 30.4 Å². The molecule has 0 spiro atoms. The quantitative estimate of drug-likeness (QED) is 0.357. The molecule has 35 heavy (non-hydrogen) atoms. The van der Waals surface area contributed by atoms with Gasteiger partial charge < -0.3 is 25.2 Å². The van der Waals surface area contributed by atoms with Gasteiger partial charge in [-0.1, -0.05) is 24.6 Å². The van der Waals surface area contributed by atoms with E-state index in [-0.39, 0.29) is 43.5 Å². The maximum atomic E-state index is 13.1. The summed E-state index contributed by atoms with van der Waals surface area (Å²) in [5.74, 6) is -0.827. The molecule has 192 valence electrons. The Bertz CT molecular complexity index is 1070. The fraction of sp³-hybridized carbons (Fsp3) is 0.714. The van der Waals surface area contributed by atoms with Gasteiger partial charge in [0.2, 0.25) is 0 Å². The van der Waals surface area contributed by atoms with Crippen LogP contribution in [0.2, 0.25) is 0 Å². The van der Waals surface area contributed by atoms with Crippen molar-refractivity contribution in [3.05, 3.63) is 34.9 Å². The molecule has 0 saturated heterocycles. The first-order chi connectivity index (χ1) is 16.3. The minimum atomic E-state index is -1.86. The maximum Gasteiger partial charge on any atom is 0.334 e. The van der Waals surface area contributed by atoms with Crippen LogP contribution in [0.3, 0.4) is 0 Å². The van der Waals surface area contributed by atoms with Crippen molar-refractivity contribution in [2.24, 2.45) is 22.7 Å². The summed E-state index contributed by atoms with van der Waals surface area (Å²) in [4.78, 5) is 25.6. The topological polar surface area (TPSA) is 124 Å². The summed E-state index contributed by atoms with van der Waals surface area (Å²) in [5, 5.41) is 46.3. The zero-order chi connectivity index (χ0) is 25.6. The number of fused-ring (bicyclic) bond motifs is 5. The van der Waals surface area contributed by atoms with Crippen LogP contribution in [0.5, 0.6) is 0 Å². The fourth-order valence-electron chi connectivity index (χ4n) is 8.50. The number of ether oxygens (including phenoxy) is 1. The minimum Gasteiger partial charge on any atom is -0.455 e. The van der Waals surface area contributed by atoms with E-state index in [1.807, 2.05) is 19.9 Å². The molecule has 7 nitrogen and oxygen atoms in total. The molecule has 5 rings (SSSR count). The molecular weight excluding hydrogens is 448 g/mol. The van der Waals surface area contributed by atoms with Gasteiger partial charge in [-0.15, -0.1) is 0 Å². The van der Waals surface area contributed by atoms with Crippen molar-refractivity contribution in [3.8, 4) is 0 Å². The van der Waals surface area contributed by atoms with Gasteiger partial charge in [-0.25, -0.2) is 4.79 Å². The van der Waals surface area contributed by atoms with Gasteiger partial charge >= 0.3 is 5.97 Å². The molecule has 2 fully saturated rings. The van der Waals surface area contributed by atoms with Gasteiger partial charge in [0.25, 0.3) is 0 Å². The number of rotatable bonds is 3. The summed E-state index contributed by atoms with van der Waals surface area (Å²) in [7, 11) is 0. The van der Waals surface area contributed by atoms with E-state index in [0.717, 1.165) is 12.0 Å². The van der Waals surface area contributed by atoms with Crippen LogP contribution in [-0.2, 0) is 14.3 Å². The van der Waals surface area contributed by atoms with Crippen LogP contribution >= 0.6 is 0 Å². The normalized spacial score (nSPS) is 46.9. The molecule has 0 aromatic carbocycles. The Kier molecular flexibility index (Phi) is 5.40. The lowest BCUT2D eigenvalue weighted by atomic mass is 9.44. The van der Waals surface area contributed by atoms with Gasteiger partial charge in [-0.05, 0) is 82.8 Å². The molecule has 4 N–H and O–H groups in total. The second-order valence-electron chi connectivity index (χ2n) is 12.1. The minimum absolute atomic E-state index is 0.0515. The summed E-state index contributed by atoms with van der Waals surface area (Å²) in [6, 6.07) is 0. The van der Waals surface area contributed by atoms with Crippen molar-refractivity contribution in [1.82, 2.24) is 0 Å². The van der Waals surface area contributed by atoms with Gasteiger partial charge in [-0.3, -0.25) is 4.79 Å². The number of hydrogen-bond acceptors (Lipinski definition) is 7. The standard InChI is InChI=1S/C28H38O7/c1-16-17(15-29)14-22(35-23(16)31)26(4,32)28(34)13-12-27(33)20-9-8-18-6-5-7-21(30)25(18,3)19(20)10-11-24(27,28)2/h5,7-8,19-20,22,29,32-34H,6,9-15H2,1-4H3/t19-,20+,22+,24-,25-,26-,27+,28-/m0/s1. The number of esters is 1. The van der Waals surface area contributed by atoms with Gasteiger partial charge in [0.1, 0.15) is 17.3 Å². The van der Waals surface area contributed by atoms with E-state index >= 15 is 0 Å². The number of aliphatic hydroxyl groups excluding tert-OH is 1. The Hall–Kier alpha value is -1.80. The molecule has 1 heterocycles. The Labute approximate surface area is 206 Å². The van der Waals surface area contributed by atoms with E-state index in [2.05, 4.69) is 6.08 Å². The third-order valence-corrected chi connectivity index (χ3v) is 11.1. The van der Waals surface area contributed by atoms with Crippen molar-refractivity contribution in [2.45, 2.75) is 95.5 Å². The predicted molar refractivity (Wildman–Crippen MR) is 128 cm³/mol. The predicted octanol–water partition coefficient (Wildman–Crippen LogP) is 2.52. The van der Waals surface area contributed by atoms with Crippen molar-refractivity contribution in [1.29, 1.82) is 0 Å². The SMILES string of the molecule is CC1=C(CO)C[C@H]([C@](C)(O)[C@]2(O)CC[C@@]3(O)[C@@H]4CC=C5CC=CC(=O)[C@]5(C)[C@H]4CC[C@]23C)OC1=O. The first kappa shape index (κ1) is 24.9. The van der Waals surface area contributed by atoms with Gasteiger partial charge in [0, 0.05) is 17.4 Å². The Morgan fingerprint density at radius 1 is 1.14 bits per heavy atom. The summed E-state index contributed by atoms with van der Waals surface area (Å²) >= 11 is 0. The number of carbonyl (C=O) groups excluding carboxylic acids is 2. The second kappa shape index (κ2) is 7.60. The summed E-state index contributed by atoms with van der Waals surface area (Å²) < 4.78 is 5.58. The molecule has 7 heteroatoms. The highest BCUT2D eigenvalue weighted by molar-refractivity contribution is 5.98. The molecule has 2 saturated carbocycles. The zero-order valence-corrected chi connectivity index (χ0v) is 21.1. The van der Waals surface area contributed by atoms with E-state index in [9.17, 15) is 30.0 Å². The molecule has 0 amide bonds. The van der Waals surface area contributed by atoms with Crippen LogP contribution < -0.4 is 0 Å². The maximum absolute atomic E-state index is 13.1. The van der Waals surface area contributed by atoms with E-state index in [1.165, 1.54) is 6.92 Å². The van der Waals surface area contributed by atoms with Crippen LogP contribution in [0, 0.1) is 22.7 Å². The summed E-state index contributed by atoms with van der Waals surface area (Å²) in [6.45, 7) is 6.58. The highest BCUT2D eigenvalue weighted by Crippen LogP contribution is 2.70. The highest BCUT2D eigenvalue weighted by Gasteiger charge is 2.76. The molecule has 5 aliphatic rings. The molecule has 4 aliphatic carbocycles. The van der Waals surface area contributed by atoms with Crippen molar-refractivity contribution >= 4 is 11.8 Å². The first-order valence-electron chi connectivity index (χ1n) is 12.9. The van der Waals surface area contributed by atoms with E-state index in [1.54, 1.807) is 13.0 Å². The zero-order valence-electron chi connectivity index (χ0n) is 21.1. The smallest absolute Gasteiger partial charge is 0.334 e. The molecule has 0 unspecified atom stereocenters. The molecule has 1 aliphatic heterocycles. The number of carbonyl (C=O) groups is 2. The lowest BCUT2D eigenvalue weighted by Gasteiger charge is -2.63. The number of cyclic esters (lactones) is 1. The van der Waals surface area contributed by atoms with Crippen LogP contribution in [0.1, 0.15) is 72.6 Å². The average Bonchev–Trinajstić information content (AvgIpc) is 3.04. The van der Waals surface area contributed by atoms with Crippen LogP contribution in [0.4, 0.5) is 0 Å². The molecule has 0 aromatic heterocycles. The number of allylic oxidation sites excluding steroid dienone is 4. The van der Waals surface area contributed by atoms with Gasteiger partial charge in [0.15, 0.2) is 5.78 Å². The summed E-state index contributed by atoms with van der Waals surface area (Å²) in [5.41, 5.74) is -4.71. The van der Waals surface area contributed by atoms with Gasteiger partial charge in [0.05, 0.1) is 17.6 Å². The number of hydrogen-bond donors (Lipinski definition) is 4. The van der Waals surface area contributed by atoms with Crippen molar-refractivity contribution in [2.75, 3.05) is 6.61 Å². The third kappa shape index (κ3) is 2.87. The van der Waals surface area contributed by atoms with Gasteiger partial charge in [-0.2, -0.15) is 0 Å². The molecule has 0 radical (unpaired) electrons. The lowest BCUT2D eigenvalue weighted by molar-refractivity contribution is -0.279. The first-order valence-corrected chi connectivity index (χ1v) is 12.9. The Balaban J connectivity index is 1.53. The van der Waals surface area contributed by atoms with Crippen molar-refractivity contribution in [3.63, 3.8) is 0 Å².